The van der Waals surface area contributed by atoms with Gasteiger partial charge in [-0.15, -0.1) is 0 Å². The van der Waals surface area contributed by atoms with Crippen molar-refractivity contribution in [1.82, 2.24) is 9.97 Å². The summed E-state index contributed by atoms with van der Waals surface area (Å²) in [6, 6.07) is 15.8. The van der Waals surface area contributed by atoms with Crippen molar-refractivity contribution in [2.45, 2.75) is 13.5 Å². The van der Waals surface area contributed by atoms with Crippen molar-refractivity contribution in [2.24, 2.45) is 0 Å². The molecule has 2 N–H and O–H groups in total. The number of aromatic nitrogens is 2. The van der Waals surface area contributed by atoms with Crippen LogP contribution in [0, 0.1) is 6.92 Å². The van der Waals surface area contributed by atoms with Gasteiger partial charge in [0.05, 0.1) is 18.6 Å². The molecule has 0 amide bonds. The van der Waals surface area contributed by atoms with Crippen molar-refractivity contribution < 1.29 is 4.74 Å². The average molecular weight is 279 g/mol. The van der Waals surface area contributed by atoms with E-state index >= 15 is 0 Å². The van der Waals surface area contributed by atoms with E-state index in [-0.39, 0.29) is 0 Å². The van der Waals surface area contributed by atoms with E-state index in [9.17, 15) is 0 Å². The topological polar surface area (TPSA) is 49.9 Å². The molecule has 0 saturated heterocycles. The minimum absolute atomic E-state index is 0.704. The van der Waals surface area contributed by atoms with E-state index < -0.39 is 0 Å². The van der Waals surface area contributed by atoms with Gasteiger partial charge < -0.3 is 15.0 Å². The molecule has 0 radical (unpaired) electrons. The van der Waals surface area contributed by atoms with Crippen LogP contribution in [-0.2, 0) is 6.54 Å². The van der Waals surface area contributed by atoms with Crippen LogP contribution in [0.15, 0.2) is 61.1 Å². The quantitative estimate of drug-likeness (QED) is 0.738. The molecular formula is C17H17N3O. The van der Waals surface area contributed by atoms with Gasteiger partial charge in [-0.25, -0.2) is 4.98 Å². The molecular weight excluding hydrogens is 262 g/mol. The van der Waals surface area contributed by atoms with Crippen LogP contribution >= 0.6 is 0 Å². The predicted octanol–water partition coefficient (Wildman–Crippen LogP) is 4.12. The van der Waals surface area contributed by atoms with E-state index in [4.69, 9.17) is 4.74 Å². The maximum absolute atomic E-state index is 5.85. The molecule has 4 nitrogen and oxygen atoms in total. The molecule has 0 fully saturated rings. The molecule has 0 aliphatic heterocycles. The molecule has 106 valence electrons. The fourth-order valence-electron chi connectivity index (χ4n) is 2.05. The Balaban J connectivity index is 1.73. The Morgan fingerprint density at radius 2 is 1.95 bits per heavy atom. The van der Waals surface area contributed by atoms with E-state index in [1.54, 1.807) is 6.33 Å². The summed E-state index contributed by atoms with van der Waals surface area (Å²) in [5.41, 5.74) is 3.27. The number of anilines is 1. The minimum Gasteiger partial charge on any atom is -0.457 e. The second kappa shape index (κ2) is 6.13. The van der Waals surface area contributed by atoms with Gasteiger partial charge in [-0.3, -0.25) is 0 Å². The fraction of sp³-hybridized carbons (Fsp3) is 0.118. The van der Waals surface area contributed by atoms with Crippen LogP contribution in [0.3, 0.4) is 0 Å². The predicted molar refractivity (Wildman–Crippen MR) is 83.6 cm³/mol. The summed E-state index contributed by atoms with van der Waals surface area (Å²) in [5, 5.41) is 3.39. The summed E-state index contributed by atoms with van der Waals surface area (Å²) in [4.78, 5) is 7.09. The van der Waals surface area contributed by atoms with Crippen molar-refractivity contribution in [3.8, 4) is 11.5 Å². The molecule has 1 heterocycles. The van der Waals surface area contributed by atoms with Gasteiger partial charge in [0.25, 0.3) is 0 Å². The monoisotopic (exact) mass is 279 g/mol. The second-order valence-electron chi connectivity index (χ2n) is 4.82. The molecule has 0 aliphatic carbocycles. The number of imidazole rings is 1. The Morgan fingerprint density at radius 3 is 2.71 bits per heavy atom. The average Bonchev–Trinajstić information content (AvgIpc) is 3.02. The molecule has 0 saturated carbocycles. The molecule has 3 rings (SSSR count). The van der Waals surface area contributed by atoms with Gasteiger partial charge in [-0.05, 0) is 30.7 Å². The van der Waals surface area contributed by atoms with E-state index in [0.717, 1.165) is 22.9 Å². The van der Waals surface area contributed by atoms with Crippen LogP contribution in [-0.4, -0.2) is 9.97 Å². The lowest BCUT2D eigenvalue weighted by Gasteiger charge is -2.12. The van der Waals surface area contributed by atoms with E-state index in [1.165, 1.54) is 5.56 Å². The van der Waals surface area contributed by atoms with E-state index in [1.807, 2.05) is 54.7 Å². The number of aromatic amines is 1. The molecule has 0 aliphatic rings. The van der Waals surface area contributed by atoms with E-state index in [2.05, 4.69) is 22.2 Å². The number of hydrogen-bond donors (Lipinski definition) is 2. The molecule has 0 bridgehead atoms. The number of nitrogens with one attached hydrogen (secondary N) is 2. The number of hydrogen-bond acceptors (Lipinski definition) is 3. The highest BCUT2D eigenvalue weighted by molar-refractivity contribution is 5.55. The standard InChI is InChI=1S/C17H17N3O/c1-13-7-8-16(21-15-5-3-2-4-6-15)9-17(13)19-11-14-10-18-12-20-14/h2-10,12,19H,11H2,1H3,(H,18,20). The summed E-state index contributed by atoms with van der Waals surface area (Å²) in [7, 11) is 0. The Morgan fingerprint density at radius 1 is 1.10 bits per heavy atom. The first kappa shape index (κ1) is 13.2. The lowest BCUT2D eigenvalue weighted by molar-refractivity contribution is 0.483. The third-order valence-electron chi connectivity index (χ3n) is 3.21. The Hall–Kier alpha value is -2.75. The number of rotatable bonds is 5. The highest BCUT2D eigenvalue weighted by Crippen LogP contribution is 2.26. The Bertz CT molecular complexity index is 693. The summed E-state index contributed by atoms with van der Waals surface area (Å²) < 4.78 is 5.85. The second-order valence-corrected chi connectivity index (χ2v) is 4.82. The Labute approximate surface area is 123 Å². The van der Waals surface area contributed by atoms with Crippen molar-refractivity contribution in [2.75, 3.05) is 5.32 Å². The number of para-hydroxylation sites is 1. The molecule has 3 aromatic rings. The SMILES string of the molecule is Cc1ccc(Oc2ccccc2)cc1NCc1cnc[nH]1. The number of ether oxygens (including phenoxy) is 1. The van der Waals surface area contributed by atoms with E-state index in [0.29, 0.717) is 6.54 Å². The van der Waals surface area contributed by atoms with Crippen molar-refractivity contribution in [3.63, 3.8) is 0 Å². The van der Waals surface area contributed by atoms with Gasteiger partial charge in [-0.2, -0.15) is 0 Å². The summed E-state index contributed by atoms with van der Waals surface area (Å²) in [6.07, 6.45) is 3.49. The zero-order valence-electron chi connectivity index (χ0n) is 11.8. The van der Waals surface area contributed by atoms with Crippen molar-refractivity contribution in [3.05, 3.63) is 72.3 Å². The molecule has 0 atom stereocenters. The number of nitrogens with zero attached hydrogens (tertiary/aromatic N) is 1. The lowest BCUT2D eigenvalue weighted by atomic mass is 10.2. The zero-order chi connectivity index (χ0) is 14.5. The Kier molecular flexibility index (Phi) is 3.87. The normalized spacial score (nSPS) is 10.3. The molecule has 21 heavy (non-hydrogen) atoms. The van der Waals surface area contributed by atoms with Crippen LogP contribution in [0.1, 0.15) is 11.3 Å². The van der Waals surface area contributed by atoms with Crippen LogP contribution in [0.2, 0.25) is 0 Å². The van der Waals surface area contributed by atoms with Gasteiger partial charge in [0.2, 0.25) is 0 Å². The van der Waals surface area contributed by atoms with Gasteiger partial charge in [0, 0.05) is 18.0 Å². The van der Waals surface area contributed by atoms with Gasteiger partial charge >= 0.3 is 0 Å². The fourth-order valence-corrected chi connectivity index (χ4v) is 2.05. The largest absolute Gasteiger partial charge is 0.457 e. The number of aryl methyl sites for hydroxylation is 1. The zero-order valence-corrected chi connectivity index (χ0v) is 11.8. The number of H-pyrrole nitrogens is 1. The van der Waals surface area contributed by atoms with Gasteiger partial charge in [0.1, 0.15) is 11.5 Å². The maximum Gasteiger partial charge on any atom is 0.129 e. The number of benzene rings is 2. The first-order chi connectivity index (χ1) is 10.3. The highest BCUT2D eigenvalue weighted by Gasteiger charge is 2.03. The molecule has 0 spiro atoms. The van der Waals surface area contributed by atoms with Crippen LogP contribution in [0.5, 0.6) is 11.5 Å². The van der Waals surface area contributed by atoms with Crippen LogP contribution in [0.25, 0.3) is 0 Å². The maximum atomic E-state index is 5.85. The summed E-state index contributed by atoms with van der Waals surface area (Å²) in [5.74, 6) is 1.65. The van der Waals surface area contributed by atoms with Crippen molar-refractivity contribution >= 4 is 5.69 Å². The van der Waals surface area contributed by atoms with Crippen molar-refractivity contribution in [1.29, 1.82) is 0 Å². The summed E-state index contributed by atoms with van der Waals surface area (Å²) >= 11 is 0. The minimum atomic E-state index is 0.704. The van der Waals surface area contributed by atoms with Crippen LogP contribution in [0.4, 0.5) is 5.69 Å². The summed E-state index contributed by atoms with van der Waals surface area (Å²) in [6.45, 7) is 2.78. The van der Waals surface area contributed by atoms with Gasteiger partial charge in [-0.1, -0.05) is 24.3 Å². The van der Waals surface area contributed by atoms with Crippen LogP contribution < -0.4 is 10.1 Å². The third-order valence-corrected chi connectivity index (χ3v) is 3.21. The first-order valence-electron chi connectivity index (χ1n) is 6.86. The molecule has 2 aromatic carbocycles. The molecule has 0 unspecified atom stereocenters. The smallest absolute Gasteiger partial charge is 0.129 e. The molecule has 4 heteroatoms. The highest BCUT2D eigenvalue weighted by atomic mass is 16.5. The first-order valence-corrected chi connectivity index (χ1v) is 6.86. The third kappa shape index (κ3) is 3.42. The van der Waals surface area contributed by atoms with Gasteiger partial charge in [0.15, 0.2) is 0 Å². The lowest BCUT2D eigenvalue weighted by Crippen LogP contribution is -2.01. The molecule has 1 aromatic heterocycles.